The average molecular weight is 491 g/mol. The maximum absolute atomic E-state index is 13.2. The highest BCUT2D eigenvalue weighted by atomic mass is 16.6. The van der Waals surface area contributed by atoms with Gasteiger partial charge in [-0.1, -0.05) is 62.7 Å². The van der Waals surface area contributed by atoms with Crippen molar-refractivity contribution in [1.82, 2.24) is 10.3 Å². The van der Waals surface area contributed by atoms with Crippen LogP contribution in [0.2, 0.25) is 0 Å². The smallest absolute Gasteiger partial charge is 0.408 e. The molecule has 192 valence electrons. The first-order valence-corrected chi connectivity index (χ1v) is 13.0. The lowest BCUT2D eigenvalue weighted by Crippen LogP contribution is -2.63. The number of nitrogens with zero attached hydrogens (tertiary/aromatic N) is 1. The van der Waals surface area contributed by atoms with Crippen molar-refractivity contribution in [2.45, 2.75) is 71.6 Å². The van der Waals surface area contributed by atoms with Crippen molar-refractivity contribution < 1.29 is 19.1 Å². The molecule has 1 aromatic carbocycles. The Morgan fingerprint density at radius 1 is 1.17 bits per heavy atom. The number of pyridine rings is 1. The predicted octanol–water partition coefficient (Wildman–Crippen LogP) is 6.27. The van der Waals surface area contributed by atoms with E-state index in [1.54, 1.807) is 0 Å². The molecule has 3 unspecified atom stereocenters. The van der Waals surface area contributed by atoms with Gasteiger partial charge in [0.1, 0.15) is 17.2 Å². The third-order valence-corrected chi connectivity index (χ3v) is 7.59. The summed E-state index contributed by atoms with van der Waals surface area (Å²) in [5.41, 5.74) is 1.28. The Morgan fingerprint density at radius 2 is 1.89 bits per heavy atom. The van der Waals surface area contributed by atoms with Crippen LogP contribution >= 0.6 is 0 Å². The first-order chi connectivity index (χ1) is 17.0. The van der Waals surface area contributed by atoms with Gasteiger partial charge in [0, 0.05) is 17.7 Å². The molecule has 4 rings (SSSR count). The Bertz CT molecular complexity index is 1110. The van der Waals surface area contributed by atoms with Crippen molar-refractivity contribution in [2.24, 2.45) is 23.7 Å². The van der Waals surface area contributed by atoms with Crippen LogP contribution in [-0.2, 0) is 14.3 Å². The van der Waals surface area contributed by atoms with E-state index in [1.165, 1.54) is 0 Å². The van der Waals surface area contributed by atoms with Crippen molar-refractivity contribution in [3.05, 3.63) is 60.4 Å². The molecule has 2 fully saturated rings. The second kappa shape index (κ2) is 10.1. The normalized spacial score (nSPS) is 30.1. The third kappa shape index (κ3) is 5.18. The summed E-state index contributed by atoms with van der Waals surface area (Å²) in [4.78, 5) is 30.7. The summed E-state index contributed by atoms with van der Waals surface area (Å²) >= 11 is 0. The summed E-state index contributed by atoms with van der Waals surface area (Å²) in [6.45, 7) is 11.7. The molecule has 6 nitrogen and oxygen atoms in total. The van der Waals surface area contributed by atoms with E-state index in [9.17, 15) is 9.59 Å². The Balaban J connectivity index is 1.63. The molecule has 6 heteroatoms. The van der Waals surface area contributed by atoms with E-state index in [1.807, 2.05) is 64.2 Å². The van der Waals surface area contributed by atoms with Gasteiger partial charge in [0.25, 0.3) is 0 Å². The minimum atomic E-state index is -1.10. The number of allylic oxidation sites excluding steroid dienone is 1. The average Bonchev–Trinajstić information content (AvgIpc) is 3.05. The highest BCUT2D eigenvalue weighted by Gasteiger charge is 2.63. The van der Waals surface area contributed by atoms with Gasteiger partial charge >= 0.3 is 12.1 Å². The number of benzene rings is 1. The standard InChI is InChI=1S/C30H38N2O4/c1-7-24-19(2)17-30(32-28(34)36-29(4,5)6)26(20(3)35-27(30)33)25(24)16-15-23-14-13-22(18-31-23)21-11-9-8-10-12-21/h8-16,18-20,24-26H,7,17H2,1-6H3,(H,32,34)/b16-15+/t19?,20-,24?,25?,26+,30+/m1/s1. The topological polar surface area (TPSA) is 77.5 Å². The molecule has 1 saturated heterocycles. The number of fused-ring (bicyclic) bond motifs is 1. The van der Waals surface area contributed by atoms with Gasteiger partial charge in [-0.15, -0.1) is 0 Å². The number of carbonyl (C=O) groups excluding carboxylic acids is 2. The maximum Gasteiger partial charge on any atom is 0.408 e. The number of cyclic esters (lactones) is 1. The van der Waals surface area contributed by atoms with Crippen molar-refractivity contribution in [3.8, 4) is 11.1 Å². The number of carbonyl (C=O) groups is 2. The maximum atomic E-state index is 13.2. The second-order valence-corrected chi connectivity index (χ2v) is 11.3. The number of nitrogens with one attached hydrogen (secondary N) is 1. The fourth-order valence-electron chi connectivity index (χ4n) is 6.17. The largest absolute Gasteiger partial charge is 0.460 e. The fraction of sp³-hybridized carbons (Fsp3) is 0.500. The molecule has 2 heterocycles. The number of esters is 1. The van der Waals surface area contributed by atoms with Gasteiger partial charge in [0.15, 0.2) is 0 Å². The summed E-state index contributed by atoms with van der Waals surface area (Å²) in [6.07, 6.45) is 6.69. The first-order valence-electron chi connectivity index (χ1n) is 13.0. The molecule has 2 aliphatic rings. The zero-order valence-electron chi connectivity index (χ0n) is 22.2. The first kappa shape index (κ1) is 25.9. The quantitative estimate of drug-likeness (QED) is 0.500. The van der Waals surface area contributed by atoms with E-state index in [4.69, 9.17) is 9.47 Å². The minimum Gasteiger partial charge on any atom is -0.460 e. The van der Waals surface area contributed by atoms with Crippen molar-refractivity contribution in [3.63, 3.8) is 0 Å². The van der Waals surface area contributed by atoms with Crippen LogP contribution in [0, 0.1) is 23.7 Å². The van der Waals surface area contributed by atoms with Gasteiger partial charge in [-0.3, -0.25) is 4.98 Å². The molecule has 1 aliphatic heterocycles. The van der Waals surface area contributed by atoms with Gasteiger partial charge in [-0.05, 0) is 69.6 Å². The number of hydrogen-bond acceptors (Lipinski definition) is 5. The molecule has 0 bridgehead atoms. The van der Waals surface area contributed by atoms with Crippen LogP contribution in [0.1, 0.15) is 60.1 Å². The lowest BCUT2D eigenvalue weighted by molar-refractivity contribution is -0.146. The van der Waals surface area contributed by atoms with Crippen LogP contribution in [0.25, 0.3) is 17.2 Å². The lowest BCUT2D eigenvalue weighted by atomic mass is 9.57. The molecular formula is C30H38N2O4. The summed E-state index contributed by atoms with van der Waals surface area (Å²) in [5, 5.41) is 2.97. The zero-order valence-corrected chi connectivity index (χ0v) is 22.2. The molecule has 0 radical (unpaired) electrons. The van der Waals surface area contributed by atoms with Gasteiger partial charge < -0.3 is 14.8 Å². The molecule has 1 amide bonds. The molecule has 1 saturated carbocycles. The van der Waals surface area contributed by atoms with Crippen molar-refractivity contribution in [1.29, 1.82) is 0 Å². The number of amides is 1. The van der Waals surface area contributed by atoms with Crippen molar-refractivity contribution in [2.75, 3.05) is 0 Å². The van der Waals surface area contributed by atoms with Crippen LogP contribution in [0.5, 0.6) is 0 Å². The highest BCUT2D eigenvalue weighted by Crippen LogP contribution is 2.52. The number of ether oxygens (including phenoxy) is 2. The van der Waals surface area contributed by atoms with E-state index in [-0.39, 0.29) is 29.8 Å². The Hall–Kier alpha value is -3.15. The van der Waals surface area contributed by atoms with Crippen LogP contribution < -0.4 is 5.32 Å². The fourth-order valence-corrected chi connectivity index (χ4v) is 6.17. The molecule has 0 spiro atoms. The molecule has 36 heavy (non-hydrogen) atoms. The Kier molecular flexibility index (Phi) is 7.26. The Labute approximate surface area is 214 Å². The Morgan fingerprint density at radius 3 is 2.50 bits per heavy atom. The van der Waals surface area contributed by atoms with Gasteiger partial charge in [-0.25, -0.2) is 9.59 Å². The van der Waals surface area contributed by atoms with E-state index in [2.05, 4.69) is 48.4 Å². The number of alkyl carbamates (subject to hydrolysis) is 1. The molecule has 1 aromatic heterocycles. The number of hydrogen-bond donors (Lipinski definition) is 1. The number of rotatable bonds is 5. The molecule has 6 atom stereocenters. The highest BCUT2D eigenvalue weighted by molar-refractivity contribution is 5.88. The van der Waals surface area contributed by atoms with E-state index >= 15 is 0 Å². The van der Waals surface area contributed by atoms with Crippen LogP contribution in [0.4, 0.5) is 4.79 Å². The minimum absolute atomic E-state index is 0.0331. The SMILES string of the molecule is CCC1C(C)C[C@@]2(NC(=O)OC(C)(C)C)C(=O)O[C@H](C)[C@H]2C1/C=C/c1ccc(-c2ccccc2)cn1. The molecule has 2 aromatic rings. The third-order valence-electron chi connectivity index (χ3n) is 7.59. The summed E-state index contributed by atoms with van der Waals surface area (Å²) < 4.78 is 11.3. The monoisotopic (exact) mass is 490 g/mol. The summed E-state index contributed by atoms with van der Waals surface area (Å²) in [5.74, 6) is 0.0303. The van der Waals surface area contributed by atoms with E-state index in [0.717, 1.165) is 23.2 Å². The number of aromatic nitrogens is 1. The van der Waals surface area contributed by atoms with Crippen LogP contribution in [0.3, 0.4) is 0 Å². The molecule has 1 aliphatic carbocycles. The van der Waals surface area contributed by atoms with Crippen molar-refractivity contribution >= 4 is 18.1 Å². The van der Waals surface area contributed by atoms with E-state index in [0.29, 0.717) is 12.3 Å². The van der Waals surface area contributed by atoms with Crippen LogP contribution in [-0.4, -0.2) is 34.3 Å². The van der Waals surface area contributed by atoms with E-state index < -0.39 is 17.2 Å². The summed E-state index contributed by atoms with van der Waals surface area (Å²) in [7, 11) is 0. The van der Waals surface area contributed by atoms with Gasteiger partial charge in [0.05, 0.1) is 5.69 Å². The predicted molar refractivity (Wildman–Crippen MR) is 141 cm³/mol. The second-order valence-electron chi connectivity index (χ2n) is 11.3. The lowest BCUT2D eigenvalue weighted by Gasteiger charge is -2.48. The molecule has 1 N–H and O–H groups in total. The van der Waals surface area contributed by atoms with Gasteiger partial charge in [-0.2, -0.15) is 0 Å². The zero-order chi connectivity index (χ0) is 26.1. The molecular weight excluding hydrogens is 452 g/mol. The van der Waals surface area contributed by atoms with Crippen LogP contribution in [0.15, 0.2) is 54.7 Å². The summed E-state index contributed by atoms with van der Waals surface area (Å²) in [6, 6.07) is 14.2. The van der Waals surface area contributed by atoms with Gasteiger partial charge in [0.2, 0.25) is 0 Å².